The zero-order valence-corrected chi connectivity index (χ0v) is 5.64. The monoisotopic (exact) mass is 154 g/mol. The summed E-state index contributed by atoms with van der Waals surface area (Å²) in [6.45, 7) is 0.904. The van der Waals surface area contributed by atoms with Crippen molar-refractivity contribution >= 4 is 5.82 Å². The Morgan fingerprint density at radius 3 is 3.36 bits per heavy atom. The molecule has 0 fully saturated rings. The summed E-state index contributed by atoms with van der Waals surface area (Å²) in [7, 11) is 0. The van der Waals surface area contributed by atoms with E-state index < -0.39 is 0 Å². The molecule has 1 rings (SSSR count). The Bertz CT molecular complexity index is 237. The number of nitrogens with one attached hydrogen (secondary N) is 1. The van der Waals surface area contributed by atoms with Gasteiger partial charge in [-0.15, -0.1) is 0 Å². The fraction of sp³-hybridized carbons (Fsp3) is 0.500. The van der Waals surface area contributed by atoms with Gasteiger partial charge in [0.1, 0.15) is 6.20 Å². The van der Waals surface area contributed by atoms with Crippen LogP contribution in [0.5, 0.6) is 0 Å². The summed E-state index contributed by atoms with van der Waals surface area (Å²) >= 11 is 0. The molecule has 1 heterocycles. The molecular formula is C4H6N6O. The average molecular weight is 154 g/mol. The Morgan fingerprint density at radius 2 is 2.73 bits per heavy atom. The van der Waals surface area contributed by atoms with Crippen molar-refractivity contribution in [2.75, 3.05) is 18.4 Å². The molecule has 0 aliphatic heterocycles. The van der Waals surface area contributed by atoms with Crippen LogP contribution in [0.3, 0.4) is 0 Å². The van der Waals surface area contributed by atoms with Gasteiger partial charge in [-0.05, 0) is 10.7 Å². The minimum Gasteiger partial charge on any atom is -0.366 e. The molecule has 0 aliphatic rings. The molecule has 0 spiro atoms. The lowest BCUT2D eigenvalue weighted by atomic mass is 10.6. The smallest absolute Gasteiger partial charge is 0.190 e. The first-order chi connectivity index (χ1) is 5.43. The number of azide groups is 1. The molecule has 0 aliphatic carbocycles. The van der Waals surface area contributed by atoms with E-state index in [2.05, 4.69) is 30.3 Å². The molecule has 11 heavy (non-hydrogen) atoms. The maximum atomic E-state index is 7.91. The summed E-state index contributed by atoms with van der Waals surface area (Å²) in [5.41, 5.74) is 7.91. The molecular weight excluding hydrogens is 148 g/mol. The van der Waals surface area contributed by atoms with Gasteiger partial charge in [-0.1, -0.05) is 10.3 Å². The zero-order valence-electron chi connectivity index (χ0n) is 5.64. The Labute approximate surface area is 62.0 Å². The van der Waals surface area contributed by atoms with Crippen LogP contribution in [-0.2, 0) is 0 Å². The fourth-order valence-electron chi connectivity index (χ4n) is 0.521. The molecule has 0 saturated heterocycles. The molecule has 1 aromatic rings. The number of anilines is 1. The SMILES string of the molecule is [N-]=[N+]=NCCNc1cnon1. The van der Waals surface area contributed by atoms with Crippen LogP contribution in [0.1, 0.15) is 0 Å². The van der Waals surface area contributed by atoms with Crippen LogP contribution < -0.4 is 5.32 Å². The number of nitrogens with zero attached hydrogens (tertiary/aromatic N) is 5. The molecule has 1 N–H and O–H groups in total. The van der Waals surface area contributed by atoms with Gasteiger partial charge < -0.3 is 5.32 Å². The Kier molecular flexibility index (Phi) is 2.76. The van der Waals surface area contributed by atoms with E-state index in [1.165, 1.54) is 6.20 Å². The van der Waals surface area contributed by atoms with Crippen LogP contribution in [0, 0.1) is 0 Å². The highest BCUT2D eigenvalue weighted by Crippen LogP contribution is 1.95. The van der Waals surface area contributed by atoms with Gasteiger partial charge in [-0.25, -0.2) is 4.63 Å². The van der Waals surface area contributed by atoms with E-state index in [4.69, 9.17) is 5.53 Å². The van der Waals surface area contributed by atoms with Gasteiger partial charge in [0.15, 0.2) is 5.82 Å². The third kappa shape index (κ3) is 2.55. The summed E-state index contributed by atoms with van der Waals surface area (Å²) in [6, 6.07) is 0. The van der Waals surface area contributed by atoms with Crippen LogP contribution in [0.2, 0.25) is 0 Å². The van der Waals surface area contributed by atoms with Gasteiger partial charge in [-0.2, -0.15) is 0 Å². The Hall–Kier alpha value is -1.75. The number of hydrogen-bond donors (Lipinski definition) is 1. The molecule has 0 aromatic carbocycles. The van der Waals surface area contributed by atoms with E-state index in [9.17, 15) is 0 Å². The van der Waals surface area contributed by atoms with Gasteiger partial charge in [-0.3, -0.25) is 0 Å². The topological polar surface area (TPSA) is 99.7 Å². The van der Waals surface area contributed by atoms with E-state index in [0.717, 1.165) is 0 Å². The first kappa shape index (κ1) is 7.36. The molecule has 0 amide bonds. The van der Waals surface area contributed by atoms with Crippen LogP contribution in [0.25, 0.3) is 10.4 Å². The molecule has 0 unspecified atom stereocenters. The van der Waals surface area contributed by atoms with Gasteiger partial charge >= 0.3 is 0 Å². The summed E-state index contributed by atoms with van der Waals surface area (Å²) in [5, 5.41) is 13.0. The van der Waals surface area contributed by atoms with E-state index in [-0.39, 0.29) is 0 Å². The Morgan fingerprint density at radius 1 is 1.82 bits per heavy atom. The van der Waals surface area contributed by atoms with Gasteiger partial charge in [0.05, 0.1) is 0 Å². The first-order valence-electron chi connectivity index (χ1n) is 2.96. The van der Waals surface area contributed by atoms with Crippen LogP contribution in [0.4, 0.5) is 5.82 Å². The van der Waals surface area contributed by atoms with E-state index in [0.29, 0.717) is 18.9 Å². The summed E-state index contributed by atoms with van der Waals surface area (Å²) in [6.07, 6.45) is 1.44. The summed E-state index contributed by atoms with van der Waals surface area (Å²) in [5.74, 6) is 0.540. The van der Waals surface area contributed by atoms with E-state index in [1.54, 1.807) is 0 Å². The van der Waals surface area contributed by atoms with Crippen molar-refractivity contribution in [3.63, 3.8) is 0 Å². The largest absolute Gasteiger partial charge is 0.366 e. The van der Waals surface area contributed by atoms with Gasteiger partial charge in [0, 0.05) is 18.0 Å². The van der Waals surface area contributed by atoms with E-state index >= 15 is 0 Å². The van der Waals surface area contributed by atoms with Crippen molar-refractivity contribution in [1.29, 1.82) is 0 Å². The minimum atomic E-state index is 0.378. The fourth-order valence-corrected chi connectivity index (χ4v) is 0.521. The lowest BCUT2D eigenvalue weighted by Crippen LogP contribution is -2.03. The molecule has 0 atom stereocenters. The van der Waals surface area contributed by atoms with Crippen molar-refractivity contribution in [3.05, 3.63) is 16.6 Å². The summed E-state index contributed by atoms with van der Waals surface area (Å²) in [4.78, 5) is 2.58. The van der Waals surface area contributed by atoms with Crippen LogP contribution in [0.15, 0.2) is 15.9 Å². The third-order valence-electron chi connectivity index (χ3n) is 0.942. The predicted molar refractivity (Wildman–Crippen MR) is 36.8 cm³/mol. The predicted octanol–water partition coefficient (Wildman–Crippen LogP) is 0.792. The maximum absolute atomic E-state index is 7.91. The van der Waals surface area contributed by atoms with Crippen LogP contribution >= 0.6 is 0 Å². The molecule has 7 heteroatoms. The first-order valence-corrected chi connectivity index (χ1v) is 2.96. The quantitative estimate of drug-likeness (QED) is 0.300. The van der Waals surface area contributed by atoms with E-state index in [1.807, 2.05) is 0 Å². The molecule has 58 valence electrons. The van der Waals surface area contributed by atoms with Crippen molar-refractivity contribution < 1.29 is 4.63 Å². The number of aromatic nitrogens is 2. The second kappa shape index (κ2) is 4.13. The number of hydrogen-bond acceptors (Lipinski definition) is 5. The Balaban J connectivity index is 2.18. The average Bonchev–Trinajstić information content (AvgIpc) is 2.50. The second-order valence-corrected chi connectivity index (χ2v) is 1.67. The standard InChI is InChI=1S/C4H6N6O/c5-10-7-2-1-6-4-3-8-11-9-4/h3H,1-2H2,(H,6,9). The normalized spacial score (nSPS) is 8.73. The van der Waals surface area contributed by atoms with Crippen molar-refractivity contribution in [2.45, 2.75) is 0 Å². The van der Waals surface area contributed by atoms with Crippen molar-refractivity contribution in [2.24, 2.45) is 5.11 Å². The molecule has 0 radical (unpaired) electrons. The minimum absolute atomic E-state index is 0.378. The van der Waals surface area contributed by atoms with Crippen molar-refractivity contribution in [1.82, 2.24) is 10.3 Å². The lowest BCUT2D eigenvalue weighted by molar-refractivity contribution is 0.308. The maximum Gasteiger partial charge on any atom is 0.190 e. The highest BCUT2D eigenvalue weighted by atomic mass is 16.6. The highest BCUT2D eigenvalue weighted by Gasteiger charge is 1.92. The van der Waals surface area contributed by atoms with Crippen molar-refractivity contribution in [3.8, 4) is 0 Å². The number of rotatable bonds is 4. The molecule has 7 nitrogen and oxygen atoms in total. The lowest BCUT2D eigenvalue weighted by Gasteiger charge is -1.94. The van der Waals surface area contributed by atoms with Gasteiger partial charge in [0.2, 0.25) is 0 Å². The second-order valence-electron chi connectivity index (χ2n) is 1.67. The molecule has 1 aromatic heterocycles. The summed E-state index contributed by atoms with van der Waals surface area (Å²) < 4.78 is 4.31. The third-order valence-corrected chi connectivity index (χ3v) is 0.942. The highest BCUT2D eigenvalue weighted by molar-refractivity contribution is 5.27. The molecule has 0 saturated carbocycles. The van der Waals surface area contributed by atoms with Gasteiger partial charge in [0.25, 0.3) is 0 Å². The van der Waals surface area contributed by atoms with Crippen LogP contribution in [-0.4, -0.2) is 23.4 Å². The molecule has 0 bridgehead atoms. The zero-order chi connectivity index (χ0) is 7.94.